The number of hydrogen-bond donors (Lipinski definition) is 1. The van der Waals surface area contributed by atoms with Gasteiger partial charge in [-0.1, -0.05) is 35.4 Å². The lowest BCUT2D eigenvalue weighted by Gasteiger charge is -2.04. The Bertz CT molecular complexity index is 342. The van der Waals surface area contributed by atoms with Gasteiger partial charge < -0.3 is 5.11 Å². The Morgan fingerprint density at radius 1 is 1.46 bits per heavy atom. The van der Waals surface area contributed by atoms with Crippen LogP contribution in [-0.4, -0.2) is 11.1 Å². The van der Waals surface area contributed by atoms with Gasteiger partial charge in [0.2, 0.25) is 0 Å². The zero-order valence-electron chi connectivity index (χ0n) is 6.66. The van der Waals surface area contributed by atoms with Crippen molar-refractivity contribution in [2.24, 2.45) is 5.11 Å². The topological polar surface area (TPSA) is 86.1 Å². The molecule has 0 aromatic heterocycles. The van der Waals surface area contributed by atoms with Crippen molar-refractivity contribution < 1.29 is 9.90 Å². The number of hydrogen-bond acceptors (Lipinski definition) is 2. The van der Waals surface area contributed by atoms with Crippen LogP contribution in [0, 0.1) is 0 Å². The standard InChI is InChI=1S/C8H7N3O2/c9-11-10-7(8(12)13)6-4-2-1-3-5-6/h1-5,7H,(H,12,13)/t7-/m0/s1. The predicted molar refractivity (Wildman–Crippen MR) is 46.0 cm³/mol. The lowest BCUT2D eigenvalue weighted by atomic mass is 10.1. The number of aliphatic carboxylic acids is 1. The molecular formula is C8H7N3O2. The fourth-order valence-electron chi connectivity index (χ4n) is 0.946. The van der Waals surface area contributed by atoms with Crippen LogP contribution in [-0.2, 0) is 4.79 Å². The molecule has 1 rings (SSSR count). The quantitative estimate of drug-likeness (QED) is 0.435. The number of azide groups is 1. The summed E-state index contributed by atoms with van der Waals surface area (Å²) in [5.41, 5.74) is 8.62. The van der Waals surface area contributed by atoms with Gasteiger partial charge in [-0.15, -0.1) is 0 Å². The number of carbonyl (C=O) groups is 1. The third-order valence-electron chi connectivity index (χ3n) is 1.52. The van der Waals surface area contributed by atoms with Crippen molar-refractivity contribution in [3.8, 4) is 0 Å². The zero-order valence-corrected chi connectivity index (χ0v) is 6.66. The zero-order chi connectivity index (χ0) is 9.68. The first-order chi connectivity index (χ1) is 6.25. The molecule has 1 aromatic rings. The summed E-state index contributed by atoms with van der Waals surface area (Å²) < 4.78 is 0. The van der Waals surface area contributed by atoms with Crippen LogP contribution < -0.4 is 0 Å². The molecule has 0 amide bonds. The molecule has 5 nitrogen and oxygen atoms in total. The van der Waals surface area contributed by atoms with E-state index < -0.39 is 12.0 Å². The largest absolute Gasteiger partial charge is 0.481 e. The molecule has 0 bridgehead atoms. The van der Waals surface area contributed by atoms with Gasteiger partial charge in [-0.3, -0.25) is 4.79 Å². The molecule has 0 unspecified atom stereocenters. The molecule has 0 fully saturated rings. The summed E-state index contributed by atoms with van der Waals surface area (Å²) in [6, 6.07) is 7.22. The summed E-state index contributed by atoms with van der Waals surface area (Å²) in [5.74, 6) is -1.15. The van der Waals surface area contributed by atoms with Crippen molar-refractivity contribution in [3.63, 3.8) is 0 Å². The van der Waals surface area contributed by atoms with E-state index in [1.165, 1.54) is 0 Å². The maximum absolute atomic E-state index is 10.6. The first kappa shape index (κ1) is 9.09. The van der Waals surface area contributed by atoms with Crippen LogP contribution in [0.15, 0.2) is 35.4 Å². The second-order valence-electron chi connectivity index (χ2n) is 2.36. The van der Waals surface area contributed by atoms with E-state index in [0.29, 0.717) is 5.56 Å². The van der Waals surface area contributed by atoms with Crippen LogP contribution in [0.4, 0.5) is 0 Å². The fraction of sp³-hybridized carbons (Fsp3) is 0.125. The van der Waals surface area contributed by atoms with Gasteiger partial charge in [-0.05, 0) is 11.1 Å². The summed E-state index contributed by atoms with van der Waals surface area (Å²) in [6.45, 7) is 0. The first-order valence-corrected chi connectivity index (χ1v) is 3.57. The van der Waals surface area contributed by atoms with E-state index >= 15 is 0 Å². The monoisotopic (exact) mass is 177 g/mol. The van der Waals surface area contributed by atoms with Crippen LogP contribution in [0.2, 0.25) is 0 Å². The molecule has 1 atom stereocenters. The third-order valence-corrected chi connectivity index (χ3v) is 1.52. The van der Waals surface area contributed by atoms with Gasteiger partial charge >= 0.3 is 5.97 Å². The van der Waals surface area contributed by atoms with E-state index in [1.807, 2.05) is 0 Å². The van der Waals surface area contributed by atoms with E-state index in [2.05, 4.69) is 10.0 Å². The van der Waals surface area contributed by atoms with Crippen molar-refractivity contribution in [1.29, 1.82) is 0 Å². The summed E-state index contributed by atoms with van der Waals surface area (Å²) in [7, 11) is 0. The summed E-state index contributed by atoms with van der Waals surface area (Å²) in [5, 5.41) is 11.9. The Labute approximate surface area is 74.3 Å². The van der Waals surface area contributed by atoms with Crippen molar-refractivity contribution in [2.45, 2.75) is 6.04 Å². The lowest BCUT2D eigenvalue weighted by molar-refractivity contribution is -0.138. The van der Waals surface area contributed by atoms with Crippen molar-refractivity contribution in [2.75, 3.05) is 0 Å². The van der Waals surface area contributed by atoms with Crippen LogP contribution in [0.5, 0.6) is 0 Å². The molecule has 0 aliphatic rings. The van der Waals surface area contributed by atoms with Crippen molar-refractivity contribution in [3.05, 3.63) is 46.3 Å². The van der Waals surface area contributed by atoms with Crippen LogP contribution in [0.1, 0.15) is 11.6 Å². The van der Waals surface area contributed by atoms with Crippen molar-refractivity contribution in [1.82, 2.24) is 0 Å². The summed E-state index contributed by atoms with van der Waals surface area (Å²) in [6.07, 6.45) is 0. The summed E-state index contributed by atoms with van der Waals surface area (Å²) in [4.78, 5) is 13.1. The van der Waals surface area contributed by atoms with E-state index in [0.717, 1.165) is 0 Å². The number of carboxylic acids is 1. The minimum atomic E-state index is -1.15. The highest BCUT2D eigenvalue weighted by atomic mass is 16.4. The summed E-state index contributed by atoms with van der Waals surface area (Å²) >= 11 is 0. The molecule has 0 aliphatic carbocycles. The second-order valence-corrected chi connectivity index (χ2v) is 2.36. The average Bonchev–Trinajstić information content (AvgIpc) is 2.15. The normalized spacial score (nSPS) is 11.4. The van der Waals surface area contributed by atoms with E-state index in [4.69, 9.17) is 10.6 Å². The number of nitrogens with zero attached hydrogens (tertiary/aromatic N) is 3. The number of rotatable bonds is 3. The molecule has 0 heterocycles. The van der Waals surface area contributed by atoms with Crippen LogP contribution in [0.3, 0.4) is 0 Å². The first-order valence-electron chi connectivity index (χ1n) is 3.57. The third kappa shape index (κ3) is 2.21. The fourth-order valence-corrected chi connectivity index (χ4v) is 0.946. The highest BCUT2D eigenvalue weighted by Gasteiger charge is 2.16. The Balaban J connectivity index is 3.02. The highest BCUT2D eigenvalue weighted by Crippen LogP contribution is 2.16. The maximum atomic E-state index is 10.6. The molecule has 1 aromatic carbocycles. The molecule has 0 aliphatic heterocycles. The van der Waals surface area contributed by atoms with Gasteiger partial charge in [-0.2, -0.15) is 0 Å². The number of benzene rings is 1. The molecule has 13 heavy (non-hydrogen) atoms. The minimum Gasteiger partial charge on any atom is -0.481 e. The van der Waals surface area contributed by atoms with Crippen LogP contribution >= 0.6 is 0 Å². The Morgan fingerprint density at radius 3 is 2.54 bits per heavy atom. The smallest absolute Gasteiger partial charge is 0.316 e. The van der Waals surface area contributed by atoms with Gasteiger partial charge in [0, 0.05) is 4.91 Å². The Morgan fingerprint density at radius 2 is 2.08 bits per heavy atom. The van der Waals surface area contributed by atoms with E-state index in [9.17, 15) is 4.79 Å². The second kappa shape index (κ2) is 4.13. The molecule has 0 saturated heterocycles. The van der Waals surface area contributed by atoms with Gasteiger partial charge in [0.05, 0.1) is 0 Å². The Hall–Kier alpha value is -2.00. The molecular weight excluding hydrogens is 170 g/mol. The molecule has 0 saturated carbocycles. The molecule has 0 spiro atoms. The maximum Gasteiger partial charge on any atom is 0.316 e. The van der Waals surface area contributed by atoms with E-state index in [-0.39, 0.29) is 0 Å². The van der Waals surface area contributed by atoms with Crippen molar-refractivity contribution >= 4 is 5.97 Å². The minimum absolute atomic E-state index is 0.479. The van der Waals surface area contributed by atoms with Gasteiger partial charge in [0.25, 0.3) is 0 Å². The molecule has 1 N–H and O–H groups in total. The van der Waals surface area contributed by atoms with Gasteiger partial charge in [0.1, 0.15) is 0 Å². The van der Waals surface area contributed by atoms with Crippen LogP contribution in [0.25, 0.3) is 10.4 Å². The molecule has 0 radical (unpaired) electrons. The van der Waals surface area contributed by atoms with Gasteiger partial charge in [0.15, 0.2) is 6.04 Å². The SMILES string of the molecule is [N-]=[N+]=N[C@H](C(=O)O)c1ccccc1. The van der Waals surface area contributed by atoms with E-state index in [1.54, 1.807) is 30.3 Å². The predicted octanol–water partition coefficient (Wildman–Crippen LogP) is 2.12. The Kier molecular flexibility index (Phi) is 2.89. The van der Waals surface area contributed by atoms with Gasteiger partial charge in [-0.25, -0.2) is 0 Å². The molecule has 66 valence electrons. The lowest BCUT2D eigenvalue weighted by Crippen LogP contribution is -2.07. The number of carboxylic acid groups (broad SMARTS) is 1. The highest BCUT2D eigenvalue weighted by molar-refractivity contribution is 5.75. The molecule has 5 heteroatoms. The average molecular weight is 177 g/mol.